The van der Waals surface area contributed by atoms with E-state index in [1.165, 1.54) is 18.1 Å². The molecule has 0 aromatic heterocycles. The van der Waals surface area contributed by atoms with Crippen molar-refractivity contribution in [3.63, 3.8) is 0 Å². The van der Waals surface area contributed by atoms with Crippen molar-refractivity contribution in [3.05, 3.63) is 48.7 Å². The van der Waals surface area contributed by atoms with E-state index in [0.717, 1.165) is 0 Å². The lowest BCUT2D eigenvalue weighted by molar-refractivity contribution is -0.118. The number of fused-ring (bicyclic) bond motifs is 1. The number of methoxy groups -OCH3 is 1. The van der Waals surface area contributed by atoms with E-state index >= 15 is 0 Å². The molecule has 2 aromatic rings. The molecule has 0 atom stereocenters. The zero-order valence-electron chi connectivity index (χ0n) is 12.5. The number of carbonyl (C=O) groups is 2. The molecule has 0 bridgehead atoms. The van der Waals surface area contributed by atoms with Gasteiger partial charge in [0.15, 0.2) is 5.75 Å². The Labute approximate surface area is 140 Å². The summed E-state index contributed by atoms with van der Waals surface area (Å²) >= 11 is 6.12. The first-order valence-corrected chi connectivity index (χ1v) is 7.26. The maximum absolute atomic E-state index is 12.5. The smallest absolute Gasteiger partial charge is 0.272 e. The number of anilines is 2. The highest BCUT2D eigenvalue weighted by Gasteiger charge is 2.33. The van der Waals surface area contributed by atoms with Gasteiger partial charge < -0.3 is 20.7 Å². The molecule has 3 rings (SSSR count). The van der Waals surface area contributed by atoms with Gasteiger partial charge in [0, 0.05) is 17.1 Å². The van der Waals surface area contributed by atoms with Gasteiger partial charge in [-0.05, 0) is 12.1 Å². The van der Waals surface area contributed by atoms with Gasteiger partial charge in [0.05, 0.1) is 24.9 Å². The van der Waals surface area contributed by atoms with Crippen molar-refractivity contribution in [2.24, 2.45) is 5.73 Å². The largest absolute Gasteiger partial charge is 0.491 e. The molecule has 0 aliphatic carbocycles. The Kier molecular flexibility index (Phi) is 3.76. The molecule has 24 heavy (non-hydrogen) atoms. The van der Waals surface area contributed by atoms with Crippen LogP contribution in [0.4, 0.5) is 11.4 Å². The second-order valence-electron chi connectivity index (χ2n) is 5.27. The van der Waals surface area contributed by atoms with E-state index < -0.39 is 22.7 Å². The Morgan fingerprint density at radius 1 is 1.33 bits per heavy atom. The number of amides is 2. The number of halogens is 1. The van der Waals surface area contributed by atoms with Crippen molar-refractivity contribution in [2.45, 2.75) is 6.54 Å². The summed E-state index contributed by atoms with van der Waals surface area (Å²) in [4.78, 5) is 47.9. The molecule has 1 aliphatic rings. The molecule has 0 fully saturated rings. The molecular weight excluding hydrogens is 338 g/mol. The second kappa shape index (κ2) is 5.64. The molecule has 0 saturated carbocycles. The summed E-state index contributed by atoms with van der Waals surface area (Å²) in [5.74, 6) is -1.18. The summed E-state index contributed by atoms with van der Waals surface area (Å²) in [5.41, 5.74) is 4.72. The average Bonchev–Trinajstić information content (AvgIpc) is 2.86. The second-order valence-corrected chi connectivity index (χ2v) is 5.67. The zero-order valence-corrected chi connectivity index (χ0v) is 13.3. The fourth-order valence-corrected chi connectivity index (χ4v) is 2.89. The zero-order chi connectivity index (χ0) is 17.6. The summed E-state index contributed by atoms with van der Waals surface area (Å²) in [6.07, 6.45) is 0. The first kappa shape index (κ1) is 16.0. The molecule has 2 aromatic carbocycles. The van der Waals surface area contributed by atoms with Gasteiger partial charge in [-0.1, -0.05) is 11.6 Å². The fraction of sp³-hybridized carbons (Fsp3) is 0.200. The molecule has 1 heterocycles. The van der Waals surface area contributed by atoms with Crippen molar-refractivity contribution in [1.29, 1.82) is 0 Å². The first-order valence-electron chi connectivity index (χ1n) is 6.88. The highest BCUT2D eigenvalue weighted by Crippen LogP contribution is 2.36. The lowest BCUT2D eigenvalue weighted by Gasteiger charge is -2.15. The van der Waals surface area contributed by atoms with Crippen LogP contribution >= 0.6 is 11.6 Å². The number of hydrogen-bond donors (Lipinski definition) is 2. The van der Waals surface area contributed by atoms with Crippen LogP contribution in [-0.4, -0.2) is 30.4 Å². The van der Waals surface area contributed by atoms with E-state index in [2.05, 4.69) is 5.32 Å². The lowest BCUT2D eigenvalue weighted by Crippen LogP contribution is -2.35. The normalized spacial score (nSPS) is 13.2. The Morgan fingerprint density at radius 3 is 2.67 bits per heavy atom. The van der Waals surface area contributed by atoms with Crippen LogP contribution in [0.3, 0.4) is 0 Å². The summed E-state index contributed by atoms with van der Waals surface area (Å²) < 4.78 is 4.86. The molecular formula is C15H12ClN3O5. The van der Waals surface area contributed by atoms with Gasteiger partial charge in [-0.25, -0.2) is 0 Å². The third kappa shape index (κ3) is 2.31. The van der Waals surface area contributed by atoms with Gasteiger partial charge in [0.25, 0.3) is 16.8 Å². The molecule has 2 amide bonds. The Bertz CT molecular complexity index is 945. The average molecular weight is 350 g/mol. The van der Waals surface area contributed by atoms with Gasteiger partial charge in [-0.3, -0.25) is 19.2 Å². The lowest BCUT2D eigenvalue weighted by atomic mass is 10.1. The van der Waals surface area contributed by atoms with Gasteiger partial charge >= 0.3 is 0 Å². The highest BCUT2D eigenvalue weighted by molar-refractivity contribution is 6.32. The molecule has 3 N–H and O–H groups in total. The summed E-state index contributed by atoms with van der Waals surface area (Å²) in [6, 6.07) is 3.07. The number of hydrogen-bond acceptors (Lipinski definition) is 6. The quantitative estimate of drug-likeness (QED) is 0.740. The molecule has 0 radical (unpaired) electrons. The van der Waals surface area contributed by atoms with E-state index in [1.807, 2.05) is 0 Å². The predicted molar refractivity (Wildman–Crippen MR) is 86.6 cm³/mol. The molecule has 1 aliphatic heterocycles. The number of primary amides is 1. The van der Waals surface area contributed by atoms with Crippen LogP contribution in [0.15, 0.2) is 21.7 Å². The van der Waals surface area contributed by atoms with Crippen LogP contribution in [0.5, 0.6) is 5.75 Å². The van der Waals surface area contributed by atoms with Gasteiger partial charge in [0.1, 0.15) is 5.69 Å². The van der Waals surface area contributed by atoms with Crippen molar-refractivity contribution < 1.29 is 14.3 Å². The number of carbonyl (C=O) groups excluding carboxylic acids is 2. The third-order valence-electron chi connectivity index (χ3n) is 3.78. The first-order chi connectivity index (χ1) is 11.3. The third-order valence-corrected chi connectivity index (χ3v) is 4.14. The number of nitrogens with one attached hydrogen (secondary N) is 1. The van der Waals surface area contributed by atoms with Crippen LogP contribution < -0.4 is 26.6 Å². The minimum Gasteiger partial charge on any atom is -0.491 e. The van der Waals surface area contributed by atoms with Crippen molar-refractivity contribution in [3.8, 4) is 5.75 Å². The molecule has 0 unspecified atom stereocenters. The topological polar surface area (TPSA) is 119 Å². The standard InChI is InChI=1S/C15H12ClN3O5/c1-24-14-11(12(21)13(14)22)18-8-3-2-7(16)6-4-19(5-9(17)20)15(23)10(6)8/h2-3,18H,4-5H2,1H3,(H2,17,20). The van der Waals surface area contributed by atoms with Crippen LogP contribution in [0.1, 0.15) is 15.9 Å². The van der Waals surface area contributed by atoms with E-state index in [0.29, 0.717) is 16.3 Å². The number of nitrogens with zero attached hydrogens (tertiary/aromatic N) is 1. The van der Waals surface area contributed by atoms with Gasteiger partial charge in [-0.15, -0.1) is 0 Å². The van der Waals surface area contributed by atoms with E-state index in [4.69, 9.17) is 22.1 Å². The molecule has 9 heteroatoms. The van der Waals surface area contributed by atoms with E-state index in [9.17, 15) is 19.2 Å². The maximum Gasteiger partial charge on any atom is 0.272 e. The number of ether oxygens (including phenoxy) is 1. The Hall–Kier alpha value is -2.87. The van der Waals surface area contributed by atoms with Crippen molar-refractivity contribution in [1.82, 2.24) is 4.90 Å². The van der Waals surface area contributed by atoms with Crippen molar-refractivity contribution >= 4 is 34.8 Å². The SMILES string of the molecule is COc1c(Nc2ccc(Cl)c3c2C(=O)N(CC(N)=O)C3)c(=O)c1=O. The maximum atomic E-state index is 12.5. The van der Waals surface area contributed by atoms with Crippen molar-refractivity contribution in [2.75, 3.05) is 19.0 Å². The number of rotatable bonds is 5. The summed E-state index contributed by atoms with van der Waals surface area (Å²) in [5, 5.41) is 3.11. The van der Waals surface area contributed by atoms with Crippen LogP contribution in [0.25, 0.3) is 0 Å². The monoisotopic (exact) mass is 349 g/mol. The number of nitrogens with two attached hydrogens (primary N) is 1. The van der Waals surface area contributed by atoms with Gasteiger partial charge in [0.2, 0.25) is 5.91 Å². The highest BCUT2D eigenvalue weighted by atomic mass is 35.5. The van der Waals surface area contributed by atoms with Crippen LogP contribution in [0, 0.1) is 0 Å². The summed E-state index contributed by atoms with van der Waals surface area (Å²) in [6.45, 7) is -0.110. The molecule has 0 spiro atoms. The van der Waals surface area contributed by atoms with E-state index in [1.54, 1.807) is 6.07 Å². The summed E-state index contributed by atoms with van der Waals surface area (Å²) in [7, 11) is 1.27. The predicted octanol–water partition coefficient (Wildman–Crippen LogP) is 0.129. The number of benzene rings is 1. The van der Waals surface area contributed by atoms with Gasteiger partial charge in [-0.2, -0.15) is 0 Å². The molecule has 0 saturated heterocycles. The van der Waals surface area contributed by atoms with Crippen LogP contribution in [-0.2, 0) is 11.3 Å². The fourth-order valence-electron chi connectivity index (χ4n) is 2.68. The minimum absolute atomic E-state index is 0.0202. The Balaban J connectivity index is 2.02. The molecule has 8 nitrogen and oxygen atoms in total. The van der Waals surface area contributed by atoms with Crippen LogP contribution in [0.2, 0.25) is 5.02 Å². The Morgan fingerprint density at radius 2 is 2.04 bits per heavy atom. The minimum atomic E-state index is -0.729. The van der Waals surface area contributed by atoms with E-state index in [-0.39, 0.29) is 30.1 Å². The molecule has 124 valence electrons.